The third-order valence-electron chi connectivity index (χ3n) is 4.52. The topological polar surface area (TPSA) is 109 Å². The zero-order valence-electron chi connectivity index (χ0n) is 15.9. The van der Waals surface area contributed by atoms with Gasteiger partial charge in [0, 0.05) is 5.69 Å². The molecule has 8 nitrogen and oxygen atoms in total. The minimum Gasteiger partial charge on any atom is -0.465 e. The average Bonchev–Trinajstić information content (AvgIpc) is 3.02. The van der Waals surface area contributed by atoms with Crippen molar-refractivity contribution in [2.24, 2.45) is 0 Å². The quantitative estimate of drug-likeness (QED) is 0.533. The first-order valence-corrected chi connectivity index (χ1v) is 8.97. The number of benzene rings is 2. The Morgan fingerprint density at radius 3 is 2.28 bits per heavy atom. The fourth-order valence-corrected chi connectivity index (χ4v) is 3.19. The lowest BCUT2D eigenvalue weighted by atomic mass is 10.2. The summed E-state index contributed by atoms with van der Waals surface area (Å²) in [5.74, 6) is -0.851. The third kappa shape index (κ3) is 3.04. The highest BCUT2D eigenvalue weighted by molar-refractivity contribution is 6.09. The van der Waals surface area contributed by atoms with Gasteiger partial charge in [-0.05, 0) is 43.3 Å². The first-order valence-electron chi connectivity index (χ1n) is 8.97. The summed E-state index contributed by atoms with van der Waals surface area (Å²) in [6.07, 6.45) is 0. The standard InChI is InChI=1S/C21H18N4O4/c1-3-29-20(26)12-8-10-13(11-9-12)25-18(22)16(21(27)28-2)17-19(25)24-15-7-5-4-6-14(15)23-17/h4-11H,3,22H2,1-2H3. The molecule has 0 radical (unpaired) electrons. The van der Waals surface area contributed by atoms with E-state index in [9.17, 15) is 9.59 Å². The molecule has 0 unspecified atom stereocenters. The second-order valence-electron chi connectivity index (χ2n) is 6.24. The summed E-state index contributed by atoms with van der Waals surface area (Å²) in [6.45, 7) is 2.04. The van der Waals surface area contributed by atoms with Crippen LogP contribution in [0.3, 0.4) is 0 Å². The van der Waals surface area contributed by atoms with Crippen molar-refractivity contribution in [1.82, 2.24) is 14.5 Å². The van der Waals surface area contributed by atoms with Gasteiger partial charge in [0.25, 0.3) is 0 Å². The number of hydrogen-bond acceptors (Lipinski definition) is 7. The normalized spacial score (nSPS) is 11.0. The number of para-hydroxylation sites is 2. The molecule has 8 heteroatoms. The lowest BCUT2D eigenvalue weighted by Crippen LogP contribution is -2.08. The Kier molecular flexibility index (Phi) is 4.59. The van der Waals surface area contributed by atoms with Gasteiger partial charge in [-0.2, -0.15) is 0 Å². The number of carbonyl (C=O) groups is 2. The second-order valence-corrected chi connectivity index (χ2v) is 6.24. The molecule has 2 heterocycles. The van der Waals surface area contributed by atoms with E-state index in [4.69, 9.17) is 15.2 Å². The number of carbonyl (C=O) groups excluding carboxylic acids is 2. The van der Waals surface area contributed by atoms with E-state index in [2.05, 4.69) is 9.97 Å². The van der Waals surface area contributed by atoms with Gasteiger partial charge in [-0.1, -0.05) is 12.1 Å². The van der Waals surface area contributed by atoms with Crippen molar-refractivity contribution in [3.05, 3.63) is 59.7 Å². The summed E-state index contributed by atoms with van der Waals surface area (Å²) in [7, 11) is 1.29. The number of methoxy groups -OCH3 is 1. The Morgan fingerprint density at radius 1 is 1.00 bits per heavy atom. The van der Waals surface area contributed by atoms with Crippen LogP contribution in [0.15, 0.2) is 48.5 Å². The van der Waals surface area contributed by atoms with E-state index in [0.717, 1.165) is 0 Å². The molecule has 0 fully saturated rings. The van der Waals surface area contributed by atoms with Crippen LogP contribution in [-0.2, 0) is 9.47 Å². The highest BCUT2D eigenvalue weighted by Gasteiger charge is 2.25. The molecule has 29 heavy (non-hydrogen) atoms. The lowest BCUT2D eigenvalue weighted by molar-refractivity contribution is 0.0525. The molecule has 0 atom stereocenters. The van der Waals surface area contributed by atoms with E-state index in [1.54, 1.807) is 35.8 Å². The molecule has 0 aliphatic carbocycles. The SMILES string of the molecule is CCOC(=O)c1ccc(-n2c(N)c(C(=O)OC)c3nc4ccccc4nc32)cc1. The van der Waals surface area contributed by atoms with Gasteiger partial charge in [-0.3, -0.25) is 4.57 Å². The molecular formula is C21H18N4O4. The molecule has 0 bridgehead atoms. The number of anilines is 1. The highest BCUT2D eigenvalue weighted by Crippen LogP contribution is 2.31. The molecule has 0 spiro atoms. The van der Waals surface area contributed by atoms with Crippen molar-refractivity contribution < 1.29 is 19.1 Å². The fourth-order valence-electron chi connectivity index (χ4n) is 3.19. The Hall–Kier alpha value is -3.94. The molecule has 0 aliphatic rings. The van der Waals surface area contributed by atoms with Crippen molar-refractivity contribution in [3.63, 3.8) is 0 Å². The van der Waals surface area contributed by atoms with Crippen LogP contribution in [0.5, 0.6) is 0 Å². The van der Waals surface area contributed by atoms with E-state index in [1.807, 2.05) is 24.3 Å². The Bertz CT molecular complexity index is 1250. The molecule has 4 rings (SSSR count). The van der Waals surface area contributed by atoms with Gasteiger partial charge in [0.15, 0.2) is 5.65 Å². The molecule has 2 aromatic heterocycles. The number of hydrogen-bond donors (Lipinski definition) is 1. The highest BCUT2D eigenvalue weighted by atomic mass is 16.5. The van der Waals surface area contributed by atoms with Gasteiger partial charge in [0.05, 0.1) is 30.3 Å². The van der Waals surface area contributed by atoms with Crippen LogP contribution < -0.4 is 5.73 Å². The number of nitrogen functional groups attached to an aromatic ring is 1. The molecule has 0 aliphatic heterocycles. The van der Waals surface area contributed by atoms with Crippen LogP contribution in [0.2, 0.25) is 0 Å². The summed E-state index contributed by atoms with van der Waals surface area (Å²) in [4.78, 5) is 33.6. The number of aromatic nitrogens is 3. The van der Waals surface area contributed by atoms with E-state index in [1.165, 1.54) is 7.11 Å². The number of nitrogens with zero attached hydrogens (tertiary/aromatic N) is 3. The van der Waals surface area contributed by atoms with E-state index >= 15 is 0 Å². The van der Waals surface area contributed by atoms with Crippen molar-refractivity contribution in [1.29, 1.82) is 0 Å². The van der Waals surface area contributed by atoms with Crippen LogP contribution in [0.25, 0.3) is 27.9 Å². The van der Waals surface area contributed by atoms with Crippen molar-refractivity contribution in [3.8, 4) is 5.69 Å². The first kappa shape index (κ1) is 18.4. The third-order valence-corrected chi connectivity index (χ3v) is 4.52. The number of rotatable bonds is 4. The molecule has 2 N–H and O–H groups in total. The summed E-state index contributed by atoms with van der Waals surface area (Å²) in [5.41, 5.74) is 9.58. The van der Waals surface area contributed by atoms with Crippen LogP contribution in [0.4, 0.5) is 5.82 Å². The monoisotopic (exact) mass is 390 g/mol. The Balaban J connectivity index is 1.96. The molecule has 0 saturated carbocycles. The van der Waals surface area contributed by atoms with Crippen LogP contribution in [0, 0.1) is 0 Å². The first-order chi connectivity index (χ1) is 14.0. The maximum absolute atomic E-state index is 12.4. The zero-order chi connectivity index (χ0) is 20.5. The van der Waals surface area contributed by atoms with Gasteiger partial charge in [0.1, 0.15) is 16.9 Å². The van der Waals surface area contributed by atoms with Crippen LogP contribution in [0.1, 0.15) is 27.6 Å². The van der Waals surface area contributed by atoms with Gasteiger partial charge in [0.2, 0.25) is 0 Å². The van der Waals surface area contributed by atoms with Gasteiger partial charge in [-0.15, -0.1) is 0 Å². The summed E-state index contributed by atoms with van der Waals surface area (Å²) >= 11 is 0. The van der Waals surface area contributed by atoms with Gasteiger partial charge < -0.3 is 15.2 Å². The molecule has 4 aromatic rings. The van der Waals surface area contributed by atoms with E-state index in [0.29, 0.717) is 40.1 Å². The molecule has 0 saturated heterocycles. The van der Waals surface area contributed by atoms with Crippen molar-refractivity contribution in [2.75, 3.05) is 19.5 Å². The maximum atomic E-state index is 12.4. The number of fused-ring (bicyclic) bond motifs is 2. The summed E-state index contributed by atoms with van der Waals surface area (Å²) < 4.78 is 11.5. The number of nitrogens with two attached hydrogens (primary N) is 1. The Labute approximate surface area is 165 Å². The van der Waals surface area contributed by atoms with E-state index < -0.39 is 11.9 Å². The smallest absolute Gasteiger partial charge is 0.343 e. The summed E-state index contributed by atoms with van der Waals surface area (Å²) in [6, 6.07) is 14.0. The van der Waals surface area contributed by atoms with Gasteiger partial charge in [-0.25, -0.2) is 19.6 Å². The average molecular weight is 390 g/mol. The predicted octanol–water partition coefficient (Wildman–Crippen LogP) is 3.12. The van der Waals surface area contributed by atoms with Gasteiger partial charge >= 0.3 is 11.9 Å². The zero-order valence-corrected chi connectivity index (χ0v) is 15.9. The minimum atomic E-state index is -0.598. The van der Waals surface area contributed by atoms with Crippen molar-refractivity contribution in [2.45, 2.75) is 6.92 Å². The largest absolute Gasteiger partial charge is 0.465 e. The minimum absolute atomic E-state index is 0.148. The molecule has 146 valence electrons. The lowest BCUT2D eigenvalue weighted by Gasteiger charge is -2.09. The fraction of sp³-hybridized carbons (Fsp3) is 0.143. The number of ether oxygens (including phenoxy) is 2. The molecule has 2 aromatic carbocycles. The number of esters is 2. The molecular weight excluding hydrogens is 372 g/mol. The predicted molar refractivity (Wildman–Crippen MR) is 108 cm³/mol. The van der Waals surface area contributed by atoms with Crippen LogP contribution in [-0.4, -0.2) is 40.2 Å². The summed E-state index contributed by atoms with van der Waals surface area (Å²) in [5, 5.41) is 0. The van der Waals surface area contributed by atoms with Crippen LogP contribution >= 0.6 is 0 Å². The molecule has 0 amide bonds. The maximum Gasteiger partial charge on any atom is 0.343 e. The van der Waals surface area contributed by atoms with E-state index in [-0.39, 0.29) is 11.4 Å². The Morgan fingerprint density at radius 2 is 1.66 bits per heavy atom. The van der Waals surface area contributed by atoms with Crippen molar-refractivity contribution >= 4 is 40.0 Å². The second kappa shape index (κ2) is 7.23.